The number of benzene rings is 1. The van der Waals surface area contributed by atoms with Gasteiger partial charge in [0.25, 0.3) is 0 Å². The van der Waals surface area contributed by atoms with E-state index in [0.717, 1.165) is 17.1 Å². The van der Waals surface area contributed by atoms with E-state index < -0.39 is 10.0 Å². The Balaban J connectivity index is 1.64. The van der Waals surface area contributed by atoms with Crippen LogP contribution in [0.4, 0.5) is 5.69 Å². The second kappa shape index (κ2) is 7.20. The van der Waals surface area contributed by atoms with Crippen LogP contribution in [0.1, 0.15) is 24.2 Å². The molecule has 0 unspecified atom stereocenters. The summed E-state index contributed by atoms with van der Waals surface area (Å²) >= 11 is 0. The Labute approximate surface area is 154 Å². The number of carbonyl (C=O) groups is 1. The Bertz CT molecular complexity index is 898. The van der Waals surface area contributed by atoms with Crippen molar-refractivity contribution in [2.24, 2.45) is 13.0 Å². The van der Waals surface area contributed by atoms with E-state index in [4.69, 9.17) is 0 Å². The number of amides is 1. The highest BCUT2D eigenvalue weighted by molar-refractivity contribution is 7.89. The van der Waals surface area contributed by atoms with Crippen molar-refractivity contribution in [1.82, 2.24) is 14.1 Å². The molecule has 0 atom stereocenters. The molecule has 1 aliphatic rings. The highest BCUT2D eigenvalue weighted by Crippen LogP contribution is 2.26. The molecule has 26 heavy (non-hydrogen) atoms. The van der Waals surface area contributed by atoms with Crippen molar-refractivity contribution >= 4 is 21.6 Å². The molecule has 1 fully saturated rings. The predicted molar refractivity (Wildman–Crippen MR) is 99.2 cm³/mol. The van der Waals surface area contributed by atoms with Crippen LogP contribution >= 0.6 is 0 Å². The fourth-order valence-corrected chi connectivity index (χ4v) is 4.77. The summed E-state index contributed by atoms with van der Waals surface area (Å²) < 4.78 is 28.5. The first-order chi connectivity index (χ1) is 12.3. The fraction of sp³-hybridized carbons (Fsp3) is 0.444. The van der Waals surface area contributed by atoms with Crippen LogP contribution in [0.5, 0.6) is 0 Å². The standard InChI is InChI=1S/C18H24N4O3S/c1-13-17(14(2)21(3)20-13)19-18(23)15-9-11-22(12-10-15)26(24,25)16-7-5-4-6-8-16/h4-8,15H,9-12H2,1-3H3,(H,19,23). The molecule has 7 nitrogen and oxygen atoms in total. The minimum atomic E-state index is -3.49. The largest absolute Gasteiger partial charge is 0.323 e. The third kappa shape index (κ3) is 3.52. The summed E-state index contributed by atoms with van der Waals surface area (Å²) in [6.07, 6.45) is 1.02. The normalized spacial score (nSPS) is 16.6. The molecule has 3 rings (SSSR count). The molecule has 1 aromatic carbocycles. The van der Waals surface area contributed by atoms with Crippen LogP contribution in [0.2, 0.25) is 0 Å². The topological polar surface area (TPSA) is 84.3 Å². The average molecular weight is 376 g/mol. The summed E-state index contributed by atoms with van der Waals surface area (Å²) in [6.45, 7) is 4.46. The van der Waals surface area contributed by atoms with Crippen molar-refractivity contribution in [3.8, 4) is 0 Å². The number of aryl methyl sites for hydroxylation is 2. The van der Waals surface area contributed by atoms with Gasteiger partial charge < -0.3 is 5.32 Å². The van der Waals surface area contributed by atoms with E-state index >= 15 is 0 Å². The molecule has 1 saturated heterocycles. The number of carbonyl (C=O) groups excluding carboxylic acids is 1. The first-order valence-corrected chi connectivity index (χ1v) is 10.1. The molecule has 0 saturated carbocycles. The number of hydrogen-bond acceptors (Lipinski definition) is 4. The number of nitrogens with zero attached hydrogens (tertiary/aromatic N) is 3. The van der Waals surface area contributed by atoms with Crippen LogP contribution in [0.15, 0.2) is 35.2 Å². The van der Waals surface area contributed by atoms with Crippen molar-refractivity contribution in [2.75, 3.05) is 18.4 Å². The maximum absolute atomic E-state index is 12.7. The van der Waals surface area contributed by atoms with E-state index in [1.807, 2.05) is 20.9 Å². The van der Waals surface area contributed by atoms with Crippen molar-refractivity contribution < 1.29 is 13.2 Å². The third-order valence-corrected chi connectivity index (χ3v) is 6.88. The Kier molecular flexibility index (Phi) is 5.15. The van der Waals surface area contributed by atoms with Crippen LogP contribution in [-0.4, -0.2) is 41.5 Å². The summed E-state index contributed by atoms with van der Waals surface area (Å²) in [6, 6.07) is 8.42. The van der Waals surface area contributed by atoms with Crippen LogP contribution in [0.3, 0.4) is 0 Å². The molecule has 2 heterocycles. The van der Waals surface area contributed by atoms with Crippen LogP contribution < -0.4 is 5.32 Å². The zero-order valence-corrected chi connectivity index (χ0v) is 16.1. The van der Waals surface area contributed by atoms with Crippen molar-refractivity contribution in [3.05, 3.63) is 41.7 Å². The highest BCUT2D eigenvalue weighted by atomic mass is 32.2. The van der Waals surface area contributed by atoms with Crippen LogP contribution in [0, 0.1) is 19.8 Å². The molecule has 0 bridgehead atoms. The number of piperidine rings is 1. The molecule has 0 aliphatic carbocycles. The van der Waals surface area contributed by atoms with Crippen molar-refractivity contribution in [3.63, 3.8) is 0 Å². The van der Waals surface area contributed by atoms with Crippen LogP contribution in [0.25, 0.3) is 0 Å². The predicted octanol–water partition coefficient (Wildman–Crippen LogP) is 2.08. The van der Waals surface area contributed by atoms with E-state index in [9.17, 15) is 13.2 Å². The van der Waals surface area contributed by atoms with E-state index in [2.05, 4.69) is 10.4 Å². The van der Waals surface area contributed by atoms with Crippen LogP contribution in [-0.2, 0) is 21.9 Å². The van der Waals surface area contributed by atoms with Crippen molar-refractivity contribution in [1.29, 1.82) is 0 Å². The van der Waals surface area contributed by atoms with Crippen molar-refractivity contribution in [2.45, 2.75) is 31.6 Å². The molecular formula is C18H24N4O3S. The lowest BCUT2D eigenvalue weighted by atomic mass is 9.97. The number of nitrogens with one attached hydrogen (secondary N) is 1. The molecule has 1 amide bonds. The number of sulfonamides is 1. The highest BCUT2D eigenvalue weighted by Gasteiger charge is 2.32. The second-order valence-corrected chi connectivity index (χ2v) is 8.59. The van der Waals surface area contributed by atoms with Gasteiger partial charge in [0.1, 0.15) is 0 Å². The number of anilines is 1. The summed E-state index contributed by atoms with van der Waals surface area (Å²) in [5, 5.41) is 7.27. The Morgan fingerprint density at radius 1 is 1.15 bits per heavy atom. The lowest BCUT2D eigenvalue weighted by Gasteiger charge is -2.30. The maximum atomic E-state index is 12.7. The SMILES string of the molecule is Cc1nn(C)c(C)c1NC(=O)C1CCN(S(=O)(=O)c2ccccc2)CC1. The minimum Gasteiger partial charge on any atom is -0.323 e. The quantitative estimate of drug-likeness (QED) is 0.885. The van der Waals surface area contributed by atoms with Gasteiger partial charge in [0.05, 0.1) is 22.0 Å². The summed E-state index contributed by atoms with van der Waals surface area (Å²) in [5.74, 6) is -0.266. The molecule has 1 aromatic heterocycles. The molecule has 140 valence electrons. The van der Waals surface area contributed by atoms with Gasteiger partial charge in [-0.3, -0.25) is 9.48 Å². The summed E-state index contributed by atoms with van der Waals surface area (Å²) in [5.41, 5.74) is 2.43. The summed E-state index contributed by atoms with van der Waals surface area (Å²) in [7, 11) is -1.65. The first-order valence-electron chi connectivity index (χ1n) is 8.67. The number of aromatic nitrogens is 2. The Hall–Kier alpha value is -2.19. The lowest BCUT2D eigenvalue weighted by Crippen LogP contribution is -2.41. The van der Waals surface area contributed by atoms with Gasteiger partial charge >= 0.3 is 0 Å². The molecule has 2 aromatic rings. The van der Waals surface area contributed by atoms with Gasteiger partial charge in [0, 0.05) is 26.1 Å². The smallest absolute Gasteiger partial charge is 0.243 e. The maximum Gasteiger partial charge on any atom is 0.243 e. The first kappa shape index (κ1) is 18.6. The Morgan fingerprint density at radius 3 is 2.31 bits per heavy atom. The molecule has 8 heteroatoms. The summed E-state index contributed by atoms with van der Waals surface area (Å²) in [4.78, 5) is 12.9. The molecule has 1 aliphatic heterocycles. The zero-order valence-electron chi connectivity index (χ0n) is 15.3. The minimum absolute atomic E-state index is 0.0686. The van der Waals surface area contributed by atoms with E-state index in [1.165, 1.54) is 4.31 Å². The van der Waals surface area contributed by atoms with Gasteiger partial charge in [0.2, 0.25) is 15.9 Å². The van der Waals surface area contributed by atoms with Gasteiger partial charge in [-0.1, -0.05) is 18.2 Å². The van der Waals surface area contributed by atoms with Gasteiger partial charge in [-0.15, -0.1) is 0 Å². The van der Waals surface area contributed by atoms with E-state index in [1.54, 1.807) is 35.0 Å². The molecular weight excluding hydrogens is 352 g/mol. The van der Waals surface area contributed by atoms with E-state index in [0.29, 0.717) is 30.8 Å². The third-order valence-electron chi connectivity index (χ3n) is 4.96. The van der Waals surface area contributed by atoms with Gasteiger partial charge in [0.15, 0.2) is 0 Å². The van der Waals surface area contributed by atoms with Gasteiger partial charge in [-0.05, 0) is 38.8 Å². The van der Waals surface area contributed by atoms with Gasteiger partial charge in [-0.25, -0.2) is 8.42 Å². The monoisotopic (exact) mass is 376 g/mol. The molecule has 1 N–H and O–H groups in total. The fourth-order valence-electron chi connectivity index (χ4n) is 3.28. The number of rotatable bonds is 4. The van der Waals surface area contributed by atoms with Gasteiger partial charge in [-0.2, -0.15) is 9.40 Å². The lowest BCUT2D eigenvalue weighted by molar-refractivity contribution is -0.120. The second-order valence-electron chi connectivity index (χ2n) is 6.65. The Morgan fingerprint density at radius 2 is 1.77 bits per heavy atom. The molecule has 0 radical (unpaired) electrons. The average Bonchev–Trinajstić information content (AvgIpc) is 2.88. The number of hydrogen-bond donors (Lipinski definition) is 1. The zero-order chi connectivity index (χ0) is 18.9. The molecule has 0 spiro atoms. The van der Waals surface area contributed by atoms with E-state index in [-0.39, 0.29) is 11.8 Å².